The first-order chi connectivity index (χ1) is 20.2. The van der Waals surface area contributed by atoms with E-state index >= 15 is 0 Å². The van der Waals surface area contributed by atoms with E-state index in [2.05, 4.69) is 44.1 Å². The molecule has 3 aromatic heterocycles. The van der Waals surface area contributed by atoms with Gasteiger partial charge in [0.1, 0.15) is 0 Å². The Labute approximate surface area is 243 Å². The molecule has 0 N–H and O–H groups in total. The monoisotopic (exact) mass is 576 g/mol. The van der Waals surface area contributed by atoms with E-state index in [0.29, 0.717) is 44.3 Å². The molecule has 2 aliphatic heterocycles. The quantitative estimate of drug-likeness (QED) is 0.308. The zero-order valence-corrected chi connectivity index (χ0v) is 23.7. The van der Waals surface area contributed by atoms with Crippen LogP contribution < -0.4 is 0 Å². The van der Waals surface area contributed by atoms with Gasteiger partial charge in [-0.1, -0.05) is 18.2 Å². The van der Waals surface area contributed by atoms with Crippen LogP contribution in [0, 0.1) is 6.92 Å². The van der Waals surface area contributed by atoms with Crippen LogP contribution in [-0.2, 0) is 19.3 Å². The van der Waals surface area contributed by atoms with Crippen molar-refractivity contribution in [3.05, 3.63) is 101 Å². The molecule has 0 unspecified atom stereocenters. The molecule has 6 rings (SSSR count). The minimum Gasteiger partial charge on any atom is -0.335 e. The van der Waals surface area contributed by atoms with E-state index in [1.165, 1.54) is 23.3 Å². The maximum absolute atomic E-state index is 13.3. The van der Waals surface area contributed by atoms with Crippen molar-refractivity contribution < 1.29 is 18.0 Å². The molecule has 1 amide bonds. The molecule has 0 spiro atoms. The summed E-state index contributed by atoms with van der Waals surface area (Å²) in [7, 11) is 0. The molecule has 220 valence electrons. The molecule has 5 heterocycles. The fourth-order valence-corrected chi connectivity index (χ4v) is 5.97. The van der Waals surface area contributed by atoms with Gasteiger partial charge in [0.15, 0.2) is 5.69 Å². The number of fused-ring (bicyclic) bond motifs is 1. The van der Waals surface area contributed by atoms with E-state index in [4.69, 9.17) is 0 Å². The predicted octanol–water partition coefficient (Wildman–Crippen LogP) is 5.39. The lowest BCUT2D eigenvalue weighted by atomic mass is 9.89. The predicted molar refractivity (Wildman–Crippen MR) is 154 cm³/mol. The van der Waals surface area contributed by atoms with Crippen LogP contribution in [0.2, 0.25) is 0 Å². The highest BCUT2D eigenvalue weighted by atomic mass is 19.4. The van der Waals surface area contributed by atoms with Crippen LogP contribution in [0.1, 0.15) is 57.2 Å². The molecule has 2 fully saturated rings. The van der Waals surface area contributed by atoms with Crippen LogP contribution in [0.4, 0.5) is 13.2 Å². The Morgan fingerprint density at radius 2 is 1.52 bits per heavy atom. The lowest BCUT2D eigenvalue weighted by molar-refractivity contribution is -0.137. The Kier molecular flexibility index (Phi) is 8.00. The van der Waals surface area contributed by atoms with Gasteiger partial charge in [-0.3, -0.25) is 19.6 Å². The van der Waals surface area contributed by atoms with Crippen molar-refractivity contribution in [1.29, 1.82) is 0 Å². The third-order valence-corrected chi connectivity index (χ3v) is 8.49. The van der Waals surface area contributed by atoms with E-state index < -0.39 is 11.7 Å². The van der Waals surface area contributed by atoms with Crippen molar-refractivity contribution in [1.82, 2.24) is 29.3 Å². The number of carbonyl (C=O) groups excluding carboxylic acids is 1. The van der Waals surface area contributed by atoms with Crippen molar-refractivity contribution in [2.45, 2.75) is 44.9 Å². The standard InChI is InChI=1S/C32H35F3N6O/c1-23-2-3-25(20-36-23)22-38-11-8-26(9-12-38)27-10-13-41-29(18-27)19-30(37-41)31(42)40-16-14-39(15-17-40)21-24-4-6-28(7-5-24)32(33,34)35/h2-7,10,13,18-20,26H,8-9,11-12,14-17,21-22H2,1H3. The SMILES string of the molecule is Cc1ccc(CN2CCC(c3ccn4nc(C(=O)N5CCN(Cc6ccc(C(F)(F)F)cc6)CC5)cc4c3)CC2)cn1. The number of hydrogen-bond donors (Lipinski definition) is 0. The van der Waals surface area contributed by atoms with E-state index in [9.17, 15) is 18.0 Å². The maximum atomic E-state index is 13.3. The third kappa shape index (κ3) is 6.50. The fourth-order valence-electron chi connectivity index (χ4n) is 5.97. The molecule has 1 aromatic carbocycles. The first kappa shape index (κ1) is 28.4. The number of aryl methyl sites for hydroxylation is 1. The highest BCUT2D eigenvalue weighted by Gasteiger charge is 2.30. The first-order valence-electron chi connectivity index (χ1n) is 14.5. The number of amides is 1. The second-order valence-electron chi connectivity index (χ2n) is 11.5. The molecule has 2 aliphatic rings. The fraction of sp³-hybridized carbons (Fsp3) is 0.406. The largest absolute Gasteiger partial charge is 0.416 e. The number of halogens is 3. The van der Waals surface area contributed by atoms with Crippen molar-refractivity contribution >= 4 is 11.4 Å². The van der Waals surface area contributed by atoms with Gasteiger partial charge in [0, 0.05) is 57.4 Å². The van der Waals surface area contributed by atoms with Crippen molar-refractivity contribution in [2.75, 3.05) is 39.3 Å². The topological polar surface area (TPSA) is 57.0 Å². The van der Waals surface area contributed by atoms with E-state index in [1.54, 1.807) is 4.52 Å². The molecule has 0 bridgehead atoms. The van der Waals surface area contributed by atoms with E-state index in [-0.39, 0.29) is 5.91 Å². The lowest BCUT2D eigenvalue weighted by Crippen LogP contribution is -2.48. The molecule has 7 nitrogen and oxygen atoms in total. The minimum absolute atomic E-state index is 0.0895. The summed E-state index contributed by atoms with van der Waals surface area (Å²) in [5, 5.41) is 4.56. The Morgan fingerprint density at radius 3 is 2.19 bits per heavy atom. The van der Waals surface area contributed by atoms with Crippen LogP contribution in [0.25, 0.3) is 5.52 Å². The highest BCUT2D eigenvalue weighted by molar-refractivity contribution is 5.93. The van der Waals surface area contributed by atoms with Crippen LogP contribution in [0.5, 0.6) is 0 Å². The zero-order chi connectivity index (χ0) is 29.3. The summed E-state index contributed by atoms with van der Waals surface area (Å²) in [4.78, 5) is 24.1. The molecular formula is C32H35F3N6O. The van der Waals surface area contributed by atoms with Crippen molar-refractivity contribution in [3.8, 4) is 0 Å². The summed E-state index contributed by atoms with van der Waals surface area (Å²) in [6, 6.07) is 15.7. The first-order valence-corrected chi connectivity index (χ1v) is 14.5. The van der Waals surface area contributed by atoms with Gasteiger partial charge in [0.2, 0.25) is 0 Å². The number of pyridine rings is 2. The van der Waals surface area contributed by atoms with Crippen LogP contribution in [-0.4, -0.2) is 74.5 Å². The van der Waals surface area contributed by atoms with E-state index in [1.807, 2.05) is 30.3 Å². The molecule has 0 aliphatic carbocycles. The second kappa shape index (κ2) is 11.9. The number of rotatable bonds is 6. The summed E-state index contributed by atoms with van der Waals surface area (Å²) in [6.45, 7) is 7.98. The van der Waals surface area contributed by atoms with Gasteiger partial charge in [-0.25, -0.2) is 4.52 Å². The molecule has 0 saturated carbocycles. The number of piperazine rings is 1. The summed E-state index contributed by atoms with van der Waals surface area (Å²) < 4.78 is 40.3. The van der Waals surface area contributed by atoms with Crippen molar-refractivity contribution in [2.24, 2.45) is 0 Å². The summed E-state index contributed by atoms with van der Waals surface area (Å²) in [5.41, 5.74) is 5.11. The minimum atomic E-state index is -4.33. The second-order valence-corrected chi connectivity index (χ2v) is 11.5. The Morgan fingerprint density at radius 1 is 0.857 bits per heavy atom. The Hall–Kier alpha value is -3.76. The summed E-state index contributed by atoms with van der Waals surface area (Å²) in [6.07, 6.45) is 1.77. The number of likely N-dealkylation sites (tertiary alicyclic amines) is 1. The molecule has 0 radical (unpaired) electrons. The molecule has 0 atom stereocenters. The number of aromatic nitrogens is 3. The van der Waals surface area contributed by atoms with Gasteiger partial charge in [-0.15, -0.1) is 0 Å². The number of carbonyl (C=O) groups is 1. The summed E-state index contributed by atoms with van der Waals surface area (Å²) >= 11 is 0. The van der Waals surface area contributed by atoms with Crippen molar-refractivity contribution in [3.63, 3.8) is 0 Å². The average molecular weight is 577 g/mol. The highest BCUT2D eigenvalue weighted by Crippen LogP contribution is 2.30. The molecule has 4 aromatic rings. The van der Waals surface area contributed by atoms with Gasteiger partial charge in [-0.2, -0.15) is 18.3 Å². The van der Waals surface area contributed by atoms with Crippen LogP contribution in [0.3, 0.4) is 0 Å². The van der Waals surface area contributed by atoms with Gasteiger partial charge in [0.25, 0.3) is 5.91 Å². The summed E-state index contributed by atoms with van der Waals surface area (Å²) in [5.74, 6) is 0.391. The van der Waals surface area contributed by atoms with Crippen LogP contribution >= 0.6 is 0 Å². The normalized spacial score (nSPS) is 17.7. The number of alkyl halides is 3. The van der Waals surface area contributed by atoms with Gasteiger partial charge >= 0.3 is 6.18 Å². The number of piperidine rings is 1. The average Bonchev–Trinajstić information content (AvgIpc) is 3.42. The number of benzene rings is 1. The lowest BCUT2D eigenvalue weighted by Gasteiger charge is -2.34. The number of hydrogen-bond acceptors (Lipinski definition) is 5. The molecule has 2 saturated heterocycles. The van der Waals surface area contributed by atoms with E-state index in [0.717, 1.165) is 61.4 Å². The zero-order valence-electron chi connectivity index (χ0n) is 23.7. The van der Waals surface area contributed by atoms with Gasteiger partial charge in [0.05, 0.1) is 11.1 Å². The van der Waals surface area contributed by atoms with Crippen LogP contribution in [0.15, 0.2) is 67.0 Å². The number of nitrogens with zero attached hydrogens (tertiary/aromatic N) is 6. The Bertz CT molecular complexity index is 1520. The maximum Gasteiger partial charge on any atom is 0.416 e. The smallest absolute Gasteiger partial charge is 0.335 e. The van der Waals surface area contributed by atoms with Gasteiger partial charge < -0.3 is 4.90 Å². The molecule has 42 heavy (non-hydrogen) atoms. The Balaban J connectivity index is 1.02. The molecule has 10 heteroatoms. The van der Waals surface area contributed by atoms with Gasteiger partial charge in [-0.05, 0) is 91.9 Å². The molecular weight excluding hydrogens is 541 g/mol. The third-order valence-electron chi connectivity index (χ3n) is 8.49.